The van der Waals surface area contributed by atoms with Crippen molar-refractivity contribution in [2.45, 2.75) is 19.4 Å². The maximum absolute atomic E-state index is 10.9. The Labute approximate surface area is 157 Å². The summed E-state index contributed by atoms with van der Waals surface area (Å²) in [6.45, 7) is 2.08. The van der Waals surface area contributed by atoms with Gasteiger partial charge < -0.3 is 0 Å². The lowest BCUT2D eigenvalue weighted by Crippen LogP contribution is -2.19. The van der Waals surface area contributed by atoms with Gasteiger partial charge in [0.1, 0.15) is 0 Å². The molecule has 0 N–H and O–H groups in total. The number of hydrazone groups is 1. The van der Waals surface area contributed by atoms with Crippen molar-refractivity contribution >= 4 is 17.1 Å². The lowest BCUT2D eigenvalue weighted by molar-refractivity contribution is -0.384. The average Bonchev–Trinajstić information content (AvgIpc) is 3.14. The fourth-order valence-electron chi connectivity index (χ4n) is 3.44. The molecule has 5 heteroatoms. The molecule has 1 aliphatic heterocycles. The Morgan fingerprint density at radius 3 is 2.30 bits per heavy atom. The molecule has 0 aliphatic carbocycles. The molecule has 4 rings (SSSR count). The standard InChI is InChI=1S/C22H19N3O2/c1-16-7-5-6-10-21(16)24-22(18-8-3-2-4-9-18)15-20(23-24)17-11-13-19(14-12-17)25(26)27/h2-14,22H,15H2,1H3/t22-/m0/s1. The van der Waals surface area contributed by atoms with Gasteiger partial charge >= 0.3 is 0 Å². The van der Waals surface area contributed by atoms with Crippen molar-refractivity contribution in [2.24, 2.45) is 5.10 Å². The first-order valence-electron chi connectivity index (χ1n) is 8.85. The van der Waals surface area contributed by atoms with E-state index in [-0.39, 0.29) is 16.7 Å². The van der Waals surface area contributed by atoms with Crippen LogP contribution in [0.3, 0.4) is 0 Å². The summed E-state index contributed by atoms with van der Waals surface area (Å²) in [5, 5.41) is 17.9. The Bertz CT molecular complexity index is 998. The van der Waals surface area contributed by atoms with Crippen LogP contribution in [0.4, 0.5) is 11.4 Å². The third kappa shape index (κ3) is 3.31. The number of hydrogen-bond donors (Lipinski definition) is 0. The smallest absolute Gasteiger partial charge is 0.258 e. The van der Waals surface area contributed by atoms with Gasteiger partial charge in [-0.25, -0.2) is 0 Å². The summed E-state index contributed by atoms with van der Waals surface area (Å²) >= 11 is 0. The van der Waals surface area contributed by atoms with Crippen LogP contribution in [0.2, 0.25) is 0 Å². The summed E-state index contributed by atoms with van der Waals surface area (Å²) in [7, 11) is 0. The number of nitro benzene ring substituents is 1. The highest BCUT2D eigenvalue weighted by Crippen LogP contribution is 2.38. The van der Waals surface area contributed by atoms with Crippen LogP contribution in [0, 0.1) is 17.0 Å². The molecule has 3 aromatic carbocycles. The lowest BCUT2D eigenvalue weighted by Gasteiger charge is -2.25. The maximum Gasteiger partial charge on any atom is 0.269 e. The van der Waals surface area contributed by atoms with Gasteiger partial charge in [-0.3, -0.25) is 15.1 Å². The molecule has 0 bridgehead atoms. The van der Waals surface area contributed by atoms with Crippen LogP contribution in [0.25, 0.3) is 0 Å². The van der Waals surface area contributed by atoms with E-state index >= 15 is 0 Å². The van der Waals surface area contributed by atoms with Crippen LogP contribution in [-0.4, -0.2) is 10.6 Å². The zero-order chi connectivity index (χ0) is 18.8. The summed E-state index contributed by atoms with van der Waals surface area (Å²) in [5.41, 5.74) is 5.36. The van der Waals surface area contributed by atoms with E-state index in [1.807, 2.05) is 30.3 Å². The van der Waals surface area contributed by atoms with E-state index in [0.717, 1.165) is 28.9 Å². The van der Waals surface area contributed by atoms with Crippen LogP contribution in [-0.2, 0) is 0 Å². The van der Waals surface area contributed by atoms with Crippen molar-refractivity contribution in [3.63, 3.8) is 0 Å². The Morgan fingerprint density at radius 2 is 1.63 bits per heavy atom. The molecule has 1 aliphatic rings. The maximum atomic E-state index is 10.9. The zero-order valence-corrected chi connectivity index (χ0v) is 14.9. The van der Waals surface area contributed by atoms with Gasteiger partial charge in [0.2, 0.25) is 0 Å². The fraction of sp³-hybridized carbons (Fsp3) is 0.136. The minimum Gasteiger partial charge on any atom is -0.258 e. The summed E-state index contributed by atoms with van der Waals surface area (Å²) < 4.78 is 0. The first-order valence-corrected chi connectivity index (χ1v) is 8.85. The summed E-state index contributed by atoms with van der Waals surface area (Å²) in [6.07, 6.45) is 0.746. The molecule has 0 saturated heterocycles. The van der Waals surface area contributed by atoms with E-state index in [1.165, 1.54) is 17.7 Å². The van der Waals surface area contributed by atoms with Gasteiger partial charge in [-0.2, -0.15) is 5.10 Å². The molecule has 1 atom stereocenters. The number of hydrogen-bond acceptors (Lipinski definition) is 4. The second-order valence-electron chi connectivity index (χ2n) is 6.61. The molecular formula is C22H19N3O2. The van der Waals surface area contributed by atoms with Crippen molar-refractivity contribution < 1.29 is 4.92 Å². The normalized spacial score (nSPS) is 16.3. The van der Waals surface area contributed by atoms with Crippen molar-refractivity contribution in [3.05, 3.63) is 106 Å². The predicted molar refractivity (Wildman–Crippen MR) is 107 cm³/mol. The van der Waals surface area contributed by atoms with E-state index in [2.05, 4.69) is 36.2 Å². The predicted octanol–water partition coefficient (Wildman–Crippen LogP) is 5.26. The van der Waals surface area contributed by atoms with Gasteiger partial charge in [0.05, 0.1) is 22.4 Å². The van der Waals surface area contributed by atoms with Crippen molar-refractivity contribution in [1.82, 2.24) is 0 Å². The molecule has 0 aromatic heterocycles. The number of non-ortho nitro benzene ring substituents is 1. The third-order valence-corrected chi connectivity index (χ3v) is 4.87. The van der Waals surface area contributed by atoms with Crippen molar-refractivity contribution in [3.8, 4) is 0 Å². The van der Waals surface area contributed by atoms with Gasteiger partial charge in [0.25, 0.3) is 5.69 Å². The minimum absolute atomic E-state index is 0.0905. The monoisotopic (exact) mass is 357 g/mol. The average molecular weight is 357 g/mol. The Balaban J connectivity index is 1.74. The molecular weight excluding hydrogens is 338 g/mol. The van der Waals surface area contributed by atoms with Crippen LogP contribution in [0.15, 0.2) is 84.0 Å². The number of nitrogens with zero attached hydrogens (tertiary/aromatic N) is 3. The first kappa shape index (κ1) is 17.0. The van der Waals surface area contributed by atoms with E-state index < -0.39 is 0 Å². The summed E-state index contributed by atoms with van der Waals surface area (Å²) in [4.78, 5) is 10.5. The molecule has 5 nitrogen and oxygen atoms in total. The highest BCUT2D eigenvalue weighted by atomic mass is 16.6. The molecule has 0 radical (unpaired) electrons. The molecule has 134 valence electrons. The molecule has 0 unspecified atom stereocenters. The number of nitro groups is 1. The molecule has 0 fully saturated rings. The second kappa shape index (κ2) is 7.03. The second-order valence-corrected chi connectivity index (χ2v) is 6.61. The van der Waals surface area contributed by atoms with E-state index in [0.29, 0.717) is 0 Å². The van der Waals surface area contributed by atoms with Gasteiger partial charge in [-0.15, -0.1) is 0 Å². The molecule has 27 heavy (non-hydrogen) atoms. The first-order chi connectivity index (χ1) is 13.1. The van der Waals surface area contributed by atoms with E-state index in [1.54, 1.807) is 12.1 Å². The van der Waals surface area contributed by atoms with Crippen molar-refractivity contribution in [1.29, 1.82) is 0 Å². The SMILES string of the molecule is Cc1ccccc1N1N=C(c2ccc([N+](=O)[O-])cc2)C[C@H]1c1ccccc1. The van der Waals surface area contributed by atoms with Crippen LogP contribution in [0.5, 0.6) is 0 Å². The highest BCUT2D eigenvalue weighted by molar-refractivity contribution is 6.03. The summed E-state index contributed by atoms with van der Waals surface area (Å²) in [5.74, 6) is 0. The van der Waals surface area contributed by atoms with Gasteiger partial charge in [0, 0.05) is 18.6 Å². The van der Waals surface area contributed by atoms with Crippen molar-refractivity contribution in [2.75, 3.05) is 5.01 Å². The van der Waals surface area contributed by atoms with Gasteiger partial charge in [-0.05, 0) is 41.8 Å². The van der Waals surface area contributed by atoms with Crippen LogP contribution < -0.4 is 5.01 Å². The minimum atomic E-state index is -0.382. The summed E-state index contributed by atoms with van der Waals surface area (Å²) in [6, 6.07) is 25.2. The number of anilines is 1. The number of para-hydroxylation sites is 1. The lowest BCUT2D eigenvalue weighted by atomic mass is 9.98. The third-order valence-electron chi connectivity index (χ3n) is 4.87. The molecule has 1 heterocycles. The van der Waals surface area contributed by atoms with Crippen LogP contribution >= 0.6 is 0 Å². The fourth-order valence-corrected chi connectivity index (χ4v) is 3.44. The molecule has 0 saturated carbocycles. The topological polar surface area (TPSA) is 58.7 Å². The molecule has 0 spiro atoms. The Hall–Kier alpha value is -3.47. The largest absolute Gasteiger partial charge is 0.269 e. The van der Waals surface area contributed by atoms with Gasteiger partial charge in [-0.1, -0.05) is 48.5 Å². The molecule has 0 amide bonds. The van der Waals surface area contributed by atoms with Gasteiger partial charge in [0.15, 0.2) is 0 Å². The Kier molecular flexibility index (Phi) is 4.42. The number of aryl methyl sites for hydroxylation is 1. The molecule has 3 aromatic rings. The van der Waals surface area contributed by atoms with Crippen LogP contribution in [0.1, 0.15) is 29.2 Å². The number of benzene rings is 3. The highest BCUT2D eigenvalue weighted by Gasteiger charge is 2.30. The quantitative estimate of drug-likeness (QED) is 0.473. The van der Waals surface area contributed by atoms with E-state index in [9.17, 15) is 10.1 Å². The number of rotatable bonds is 4. The van der Waals surface area contributed by atoms with E-state index in [4.69, 9.17) is 5.10 Å². The zero-order valence-electron chi connectivity index (χ0n) is 14.9. The Morgan fingerprint density at radius 1 is 0.963 bits per heavy atom.